The number of benzene rings is 2. The molecule has 1 amide bonds. The first kappa shape index (κ1) is 23.3. The van der Waals surface area contributed by atoms with Gasteiger partial charge in [-0.2, -0.15) is 0 Å². The summed E-state index contributed by atoms with van der Waals surface area (Å²) >= 11 is 0. The molecular weight excluding hydrogens is 412 g/mol. The number of nitrogens with one attached hydrogen (secondary N) is 3. The van der Waals surface area contributed by atoms with Gasteiger partial charge in [0.1, 0.15) is 5.82 Å². The minimum atomic E-state index is -0.590. The Morgan fingerprint density at radius 2 is 1.91 bits per heavy atom. The second-order valence-corrected chi connectivity index (χ2v) is 9.14. The lowest BCUT2D eigenvalue weighted by molar-refractivity contribution is 0.0915. The topological polar surface area (TPSA) is 80.4 Å². The van der Waals surface area contributed by atoms with Crippen molar-refractivity contribution >= 4 is 22.6 Å². The number of nitrogens with zero attached hydrogens (tertiary/aromatic N) is 1. The summed E-state index contributed by atoms with van der Waals surface area (Å²) in [5.41, 5.74) is 3.08. The van der Waals surface area contributed by atoms with Crippen molar-refractivity contribution in [1.29, 1.82) is 0 Å². The van der Waals surface area contributed by atoms with Crippen LogP contribution in [0.15, 0.2) is 54.6 Å². The maximum atomic E-state index is 12.6. The quantitative estimate of drug-likeness (QED) is 0.357. The van der Waals surface area contributed by atoms with Crippen LogP contribution in [0.2, 0.25) is 0 Å². The average Bonchev–Trinajstić information content (AvgIpc) is 3.27. The zero-order valence-electron chi connectivity index (χ0n) is 19.5. The Morgan fingerprint density at radius 3 is 2.67 bits per heavy atom. The number of anilines is 1. The van der Waals surface area contributed by atoms with Crippen LogP contribution in [0.1, 0.15) is 42.1 Å². The van der Waals surface area contributed by atoms with Crippen molar-refractivity contribution in [3.8, 4) is 0 Å². The summed E-state index contributed by atoms with van der Waals surface area (Å²) in [4.78, 5) is 18.5. The van der Waals surface area contributed by atoms with Gasteiger partial charge in [0.15, 0.2) is 0 Å². The van der Waals surface area contributed by atoms with E-state index < -0.39 is 6.10 Å². The van der Waals surface area contributed by atoms with Gasteiger partial charge in [0.25, 0.3) is 5.91 Å². The zero-order valence-corrected chi connectivity index (χ0v) is 19.5. The van der Waals surface area contributed by atoms with Gasteiger partial charge in [-0.25, -0.2) is 0 Å². The largest absolute Gasteiger partial charge is 0.390 e. The molecule has 1 saturated heterocycles. The number of fused-ring (bicyclic) bond motifs is 1. The number of hydrogen-bond acceptors (Lipinski definition) is 4. The highest BCUT2D eigenvalue weighted by Gasteiger charge is 2.21. The molecule has 2 aromatic carbocycles. The number of H-pyrrole nitrogens is 1. The number of piperidine rings is 1. The minimum Gasteiger partial charge on any atom is -0.390 e. The number of aliphatic hydroxyl groups is 1. The highest BCUT2D eigenvalue weighted by Crippen LogP contribution is 2.28. The van der Waals surface area contributed by atoms with Crippen LogP contribution >= 0.6 is 0 Å². The van der Waals surface area contributed by atoms with E-state index in [-0.39, 0.29) is 12.5 Å². The van der Waals surface area contributed by atoms with Crippen LogP contribution in [0.4, 0.5) is 5.82 Å². The molecule has 1 aliphatic rings. The molecule has 1 aliphatic heterocycles. The molecule has 0 saturated carbocycles. The van der Waals surface area contributed by atoms with Gasteiger partial charge in [-0.15, -0.1) is 0 Å². The number of amides is 1. The molecule has 1 fully saturated rings. The van der Waals surface area contributed by atoms with E-state index in [4.69, 9.17) is 0 Å². The lowest BCUT2D eigenvalue weighted by Gasteiger charge is -2.32. The Hall–Kier alpha value is -2.83. The Balaban J connectivity index is 1.31. The summed E-state index contributed by atoms with van der Waals surface area (Å²) in [7, 11) is 0. The molecule has 176 valence electrons. The molecule has 33 heavy (non-hydrogen) atoms. The summed E-state index contributed by atoms with van der Waals surface area (Å²) in [6.45, 7) is 5.75. The number of carbonyl (C=O) groups excluding carboxylic acids is 1. The molecule has 0 spiro atoms. The molecule has 0 radical (unpaired) electrons. The van der Waals surface area contributed by atoms with Crippen LogP contribution < -0.4 is 15.5 Å². The van der Waals surface area contributed by atoms with Crippen LogP contribution in [0, 0.1) is 5.92 Å². The van der Waals surface area contributed by atoms with Gasteiger partial charge < -0.3 is 25.6 Å². The number of aliphatic hydroxyl groups excluding tert-OH is 1. The van der Waals surface area contributed by atoms with Crippen LogP contribution in [-0.4, -0.2) is 54.8 Å². The second kappa shape index (κ2) is 11.3. The Labute approximate surface area is 196 Å². The molecule has 2 heterocycles. The zero-order chi connectivity index (χ0) is 23.0. The van der Waals surface area contributed by atoms with E-state index in [2.05, 4.69) is 63.8 Å². The van der Waals surface area contributed by atoms with E-state index in [0.29, 0.717) is 12.1 Å². The maximum Gasteiger partial charge on any atom is 0.251 e. The van der Waals surface area contributed by atoms with Crippen LogP contribution in [0.25, 0.3) is 10.9 Å². The molecule has 1 atom stereocenters. The highest BCUT2D eigenvalue weighted by molar-refractivity contribution is 5.98. The normalized spacial score (nSPS) is 15.6. The third kappa shape index (κ3) is 6.36. The monoisotopic (exact) mass is 448 g/mol. The number of carbonyl (C=O) groups is 1. The maximum absolute atomic E-state index is 12.6. The summed E-state index contributed by atoms with van der Waals surface area (Å²) < 4.78 is 0. The van der Waals surface area contributed by atoms with Crippen molar-refractivity contribution in [1.82, 2.24) is 15.6 Å². The highest BCUT2D eigenvalue weighted by atomic mass is 16.3. The van der Waals surface area contributed by atoms with Crippen LogP contribution in [0.3, 0.4) is 0 Å². The molecule has 1 aromatic heterocycles. The van der Waals surface area contributed by atoms with E-state index >= 15 is 0 Å². The average molecular weight is 449 g/mol. The minimum absolute atomic E-state index is 0.157. The predicted molar refractivity (Wildman–Crippen MR) is 135 cm³/mol. The van der Waals surface area contributed by atoms with Gasteiger partial charge in [0.05, 0.1) is 6.10 Å². The lowest BCUT2D eigenvalue weighted by atomic mass is 9.90. The molecule has 6 heteroatoms. The predicted octanol–water partition coefficient (Wildman–Crippen LogP) is 3.72. The Bertz CT molecular complexity index is 1030. The first-order valence-electron chi connectivity index (χ1n) is 12.2. The van der Waals surface area contributed by atoms with Gasteiger partial charge in [-0.05, 0) is 68.0 Å². The van der Waals surface area contributed by atoms with Crippen molar-refractivity contribution < 1.29 is 9.90 Å². The standard InChI is InChI=1S/C27H36N4O2/c1-2-12-28-18-24(32)19-29-27(33)22-8-9-25-23(16-22)17-26(30-25)31-13-10-21(11-14-31)15-20-6-4-3-5-7-20/h3-9,16-17,21,24,28,30,32H,2,10-15,18-19H2,1H3,(H,29,33). The number of aromatic nitrogens is 1. The molecule has 0 aliphatic carbocycles. The molecule has 6 nitrogen and oxygen atoms in total. The van der Waals surface area contributed by atoms with Crippen molar-refractivity contribution in [2.45, 2.75) is 38.7 Å². The molecule has 4 rings (SSSR count). The van der Waals surface area contributed by atoms with E-state index in [1.807, 2.05) is 18.2 Å². The van der Waals surface area contributed by atoms with Gasteiger partial charge in [-0.1, -0.05) is 37.3 Å². The molecule has 4 N–H and O–H groups in total. The van der Waals surface area contributed by atoms with E-state index in [1.165, 1.54) is 18.4 Å². The SMILES string of the molecule is CCCNCC(O)CNC(=O)c1ccc2[nH]c(N3CCC(Cc4ccccc4)CC3)cc2c1. The lowest BCUT2D eigenvalue weighted by Crippen LogP contribution is -2.38. The summed E-state index contributed by atoms with van der Waals surface area (Å²) in [5.74, 6) is 1.70. The van der Waals surface area contributed by atoms with Crippen molar-refractivity contribution in [2.75, 3.05) is 37.6 Å². The number of rotatable bonds is 10. The van der Waals surface area contributed by atoms with E-state index in [9.17, 15) is 9.90 Å². The van der Waals surface area contributed by atoms with Crippen molar-refractivity contribution in [2.24, 2.45) is 5.92 Å². The van der Waals surface area contributed by atoms with Gasteiger partial charge in [-0.3, -0.25) is 4.79 Å². The van der Waals surface area contributed by atoms with Crippen molar-refractivity contribution in [3.05, 3.63) is 65.7 Å². The van der Waals surface area contributed by atoms with Crippen LogP contribution in [0.5, 0.6) is 0 Å². The van der Waals surface area contributed by atoms with Gasteiger partial charge in [0.2, 0.25) is 0 Å². The summed E-state index contributed by atoms with van der Waals surface area (Å²) in [6, 6.07) is 18.6. The first-order valence-corrected chi connectivity index (χ1v) is 12.2. The first-order chi connectivity index (χ1) is 16.1. The summed E-state index contributed by atoms with van der Waals surface area (Å²) in [6.07, 6.45) is 3.96. The molecule has 0 bridgehead atoms. The second-order valence-electron chi connectivity index (χ2n) is 9.14. The number of aromatic amines is 1. The molecule has 3 aromatic rings. The Morgan fingerprint density at radius 1 is 1.12 bits per heavy atom. The molecule has 1 unspecified atom stereocenters. The molecular formula is C27H36N4O2. The van der Waals surface area contributed by atoms with Gasteiger partial charge in [0, 0.05) is 42.6 Å². The smallest absolute Gasteiger partial charge is 0.251 e. The Kier molecular flexibility index (Phi) is 8.02. The summed E-state index contributed by atoms with van der Waals surface area (Å²) in [5, 5.41) is 17.0. The van der Waals surface area contributed by atoms with Crippen molar-refractivity contribution in [3.63, 3.8) is 0 Å². The third-order valence-corrected chi connectivity index (χ3v) is 6.50. The number of hydrogen-bond donors (Lipinski definition) is 4. The third-order valence-electron chi connectivity index (χ3n) is 6.50. The van der Waals surface area contributed by atoms with Crippen LogP contribution in [-0.2, 0) is 6.42 Å². The fraction of sp³-hybridized carbons (Fsp3) is 0.444. The van der Waals surface area contributed by atoms with E-state index in [0.717, 1.165) is 55.1 Å². The van der Waals surface area contributed by atoms with E-state index in [1.54, 1.807) is 0 Å². The van der Waals surface area contributed by atoms with Gasteiger partial charge >= 0.3 is 0 Å². The fourth-order valence-electron chi connectivity index (χ4n) is 4.58. The fourth-order valence-corrected chi connectivity index (χ4v) is 4.58.